The molecule has 0 amide bonds. The van der Waals surface area contributed by atoms with Crippen LogP contribution in [-0.4, -0.2) is 26.3 Å². The van der Waals surface area contributed by atoms with Gasteiger partial charge in [-0.15, -0.1) is 0 Å². The number of fused-ring (bicyclic) bond motifs is 1. The highest BCUT2D eigenvalue weighted by Crippen LogP contribution is 2.45. The van der Waals surface area contributed by atoms with Crippen molar-refractivity contribution in [2.24, 2.45) is 11.8 Å². The van der Waals surface area contributed by atoms with Gasteiger partial charge >= 0.3 is 0 Å². The van der Waals surface area contributed by atoms with Crippen molar-refractivity contribution >= 4 is 0 Å². The zero-order valence-corrected chi connectivity index (χ0v) is 8.76. The first-order chi connectivity index (χ1) is 6.24. The zero-order valence-electron chi connectivity index (χ0n) is 8.76. The Morgan fingerprint density at radius 2 is 2.23 bits per heavy atom. The minimum absolute atomic E-state index is 0.775. The third kappa shape index (κ3) is 1.42. The molecule has 13 heavy (non-hydrogen) atoms. The van der Waals surface area contributed by atoms with E-state index in [1.165, 1.54) is 18.5 Å². The first kappa shape index (κ1) is 9.22. The lowest BCUT2D eigenvalue weighted by atomic mass is 9.69. The topological polar surface area (TPSA) is 21.3 Å². The van der Waals surface area contributed by atoms with Crippen LogP contribution in [0.3, 0.4) is 0 Å². The van der Waals surface area contributed by atoms with Crippen LogP contribution in [0.5, 0.6) is 0 Å². The molecule has 3 fully saturated rings. The van der Waals surface area contributed by atoms with Crippen molar-refractivity contribution in [1.82, 2.24) is 5.32 Å². The van der Waals surface area contributed by atoms with Gasteiger partial charge in [0.25, 0.3) is 0 Å². The molecule has 0 radical (unpaired) electrons. The SMILES string of the molecule is COC/C(C)=C(\C)C1C2CNC1C2. The molecule has 0 aromatic rings. The lowest BCUT2D eigenvalue weighted by Gasteiger charge is -2.36. The van der Waals surface area contributed by atoms with Gasteiger partial charge in [-0.25, -0.2) is 0 Å². The lowest BCUT2D eigenvalue weighted by Crippen LogP contribution is -2.38. The van der Waals surface area contributed by atoms with Gasteiger partial charge in [-0.05, 0) is 44.2 Å². The number of hydrogen-bond acceptors (Lipinski definition) is 2. The molecule has 0 aromatic heterocycles. The van der Waals surface area contributed by atoms with Crippen LogP contribution in [0, 0.1) is 11.8 Å². The van der Waals surface area contributed by atoms with Crippen molar-refractivity contribution in [3.05, 3.63) is 11.1 Å². The standard InChI is InChI=1S/C11H19NO/c1-7(6-13-3)8(2)11-9-4-10(11)12-5-9/h9-12H,4-6H2,1-3H3/b8-7+. The lowest BCUT2D eigenvalue weighted by molar-refractivity contribution is 0.216. The van der Waals surface area contributed by atoms with Crippen LogP contribution in [0.2, 0.25) is 0 Å². The largest absolute Gasteiger partial charge is 0.380 e. The molecule has 0 spiro atoms. The second kappa shape index (κ2) is 3.43. The Morgan fingerprint density at radius 1 is 1.46 bits per heavy atom. The molecule has 0 aromatic carbocycles. The van der Waals surface area contributed by atoms with Gasteiger partial charge in [0.1, 0.15) is 0 Å². The highest BCUT2D eigenvalue weighted by Gasteiger charge is 2.47. The summed E-state index contributed by atoms with van der Waals surface area (Å²) in [4.78, 5) is 0. The van der Waals surface area contributed by atoms with E-state index in [-0.39, 0.29) is 0 Å². The van der Waals surface area contributed by atoms with E-state index in [1.807, 2.05) is 0 Å². The maximum Gasteiger partial charge on any atom is 0.0672 e. The molecule has 3 atom stereocenters. The fraction of sp³-hybridized carbons (Fsp3) is 0.818. The second-order valence-electron chi connectivity index (χ2n) is 4.43. The van der Waals surface area contributed by atoms with E-state index < -0.39 is 0 Å². The van der Waals surface area contributed by atoms with E-state index in [0.29, 0.717) is 0 Å². The molecule has 2 heterocycles. The van der Waals surface area contributed by atoms with Gasteiger partial charge in [-0.3, -0.25) is 0 Å². The molecule has 1 saturated carbocycles. The predicted octanol–water partition coefficient (Wildman–Crippen LogP) is 1.58. The maximum absolute atomic E-state index is 5.16. The fourth-order valence-corrected chi connectivity index (χ4v) is 2.75. The summed E-state index contributed by atoms with van der Waals surface area (Å²) in [7, 11) is 1.77. The Balaban J connectivity index is 2.04. The van der Waals surface area contributed by atoms with Crippen LogP contribution in [0.1, 0.15) is 20.3 Å². The van der Waals surface area contributed by atoms with E-state index in [2.05, 4.69) is 19.2 Å². The molecule has 3 rings (SSSR count). The van der Waals surface area contributed by atoms with E-state index in [1.54, 1.807) is 12.7 Å². The molecule has 2 saturated heterocycles. The van der Waals surface area contributed by atoms with Crippen molar-refractivity contribution in [2.45, 2.75) is 26.3 Å². The summed E-state index contributed by atoms with van der Waals surface area (Å²) in [6, 6.07) is 0.775. The molecule has 3 aliphatic rings. The molecule has 1 N–H and O–H groups in total. The second-order valence-corrected chi connectivity index (χ2v) is 4.43. The van der Waals surface area contributed by atoms with Crippen LogP contribution in [0.4, 0.5) is 0 Å². The number of methoxy groups -OCH3 is 1. The average Bonchev–Trinajstić information content (AvgIpc) is 2.64. The summed E-state index contributed by atoms with van der Waals surface area (Å²) in [5.74, 6) is 1.73. The summed E-state index contributed by atoms with van der Waals surface area (Å²) >= 11 is 0. The van der Waals surface area contributed by atoms with E-state index in [0.717, 1.165) is 24.5 Å². The van der Waals surface area contributed by atoms with Gasteiger partial charge in [-0.2, -0.15) is 0 Å². The van der Waals surface area contributed by atoms with Gasteiger partial charge in [0.05, 0.1) is 6.61 Å². The van der Waals surface area contributed by atoms with E-state index in [9.17, 15) is 0 Å². The number of ether oxygens (including phenoxy) is 1. The van der Waals surface area contributed by atoms with Crippen LogP contribution < -0.4 is 5.32 Å². The molecular formula is C11H19NO. The first-order valence-electron chi connectivity index (χ1n) is 5.12. The third-order valence-electron chi connectivity index (χ3n) is 3.67. The van der Waals surface area contributed by atoms with Crippen molar-refractivity contribution < 1.29 is 4.74 Å². The van der Waals surface area contributed by atoms with E-state index in [4.69, 9.17) is 4.74 Å². The zero-order chi connectivity index (χ0) is 9.42. The van der Waals surface area contributed by atoms with Crippen LogP contribution in [0.15, 0.2) is 11.1 Å². The number of hydrogen-bond donors (Lipinski definition) is 1. The molecule has 2 aliphatic heterocycles. The first-order valence-corrected chi connectivity index (χ1v) is 5.12. The van der Waals surface area contributed by atoms with Crippen molar-refractivity contribution in [3.8, 4) is 0 Å². The molecular weight excluding hydrogens is 162 g/mol. The molecule has 74 valence electrons. The summed E-state index contributed by atoms with van der Waals surface area (Å²) in [5.41, 5.74) is 2.99. The summed E-state index contributed by atoms with van der Waals surface area (Å²) < 4.78 is 5.16. The molecule has 3 unspecified atom stereocenters. The van der Waals surface area contributed by atoms with Gasteiger partial charge in [0.15, 0.2) is 0 Å². The van der Waals surface area contributed by atoms with Crippen molar-refractivity contribution in [1.29, 1.82) is 0 Å². The minimum Gasteiger partial charge on any atom is -0.380 e. The highest BCUT2D eigenvalue weighted by atomic mass is 16.5. The van der Waals surface area contributed by atoms with Gasteiger partial charge in [0, 0.05) is 13.2 Å². The average molecular weight is 181 g/mol. The third-order valence-corrected chi connectivity index (χ3v) is 3.67. The Bertz CT molecular complexity index is 220. The van der Waals surface area contributed by atoms with Crippen molar-refractivity contribution in [3.63, 3.8) is 0 Å². The number of nitrogens with one attached hydrogen (secondary N) is 1. The fourth-order valence-electron chi connectivity index (χ4n) is 2.75. The van der Waals surface area contributed by atoms with E-state index >= 15 is 0 Å². The summed E-state index contributed by atoms with van der Waals surface area (Å²) in [6.07, 6.45) is 1.39. The molecule has 2 nitrogen and oxygen atoms in total. The maximum atomic E-state index is 5.16. The summed E-state index contributed by atoms with van der Waals surface area (Å²) in [6.45, 7) is 6.48. The van der Waals surface area contributed by atoms with Crippen LogP contribution >= 0.6 is 0 Å². The molecule has 1 aliphatic carbocycles. The van der Waals surface area contributed by atoms with Gasteiger partial charge in [0.2, 0.25) is 0 Å². The normalized spacial score (nSPS) is 38.5. The van der Waals surface area contributed by atoms with Gasteiger partial charge < -0.3 is 10.1 Å². The Morgan fingerprint density at radius 3 is 2.69 bits per heavy atom. The predicted molar refractivity (Wildman–Crippen MR) is 53.6 cm³/mol. The molecule has 2 heteroatoms. The summed E-state index contributed by atoms with van der Waals surface area (Å²) in [5, 5.41) is 3.55. The van der Waals surface area contributed by atoms with Crippen LogP contribution in [0.25, 0.3) is 0 Å². The Kier molecular flexibility index (Phi) is 2.43. The minimum atomic E-state index is 0.775. The Labute approximate surface area is 80.4 Å². The number of rotatable bonds is 3. The smallest absolute Gasteiger partial charge is 0.0672 e. The van der Waals surface area contributed by atoms with Gasteiger partial charge in [-0.1, -0.05) is 5.57 Å². The molecule has 2 bridgehead atoms. The monoisotopic (exact) mass is 181 g/mol. The highest BCUT2D eigenvalue weighted by molar-refractivity contribution is 5.23. The van der Waals surface area contributed by atoms with Crippen LogP contribution in [-0.2, 0) is 4.74 Å². The van der Waals surface area contributed by atoms with Crippen molar-refractivity contribution in [2.75, 3.05) is 20.3 Å². The Hall–Kier alpha value is -0.340. The quantitative estimate of drug-likeness (QED) is 0.667.